The fourth-order valence-corrected chi connectivity index (χ4v) is 5.09. The highest BCUT2D eigenvalue weighted by Crippen LogP contribution is 2.27. The molecule has 2 heterocycles. The van der Waals surface area contributed by atoms with Gasteiger partial charge in [0.05, 0.1) is 12.7 Å². The average Bonchev–Trinajstić information content (AvgIpc) is 2.97. The summed E-state index contributed by atoms with van der Waals surface area (Å²) in [6, 6.07) is 14.9. The van der Waals surface area contributed by atoms with Crippen molar-refractivity contribution in [2.75, 3.05) is 51.3 Å². The Bertz CT molecular complexity index is 1300. The molecule has 41 heavy (non-hydrogen) atoms. The second-order valence-electron chi connectivity index (χ2n) is 10.7. The topological polar surface area (TPSA) is 75.2 Å². The van der Waals surface area contributed by atoms with Crippen LogP contribution in [0.15, 0.2) is 67.0 Å². The van der Waals surface area contributed by atoms with E-state index in [4.69, 9.17) is 9.47 Å². The molecule has 2 amide bonds. The minimum Gasteiger partial charge on any atom is -0.497 e. The van der Waals surface area contributed by atoms with Crippen molar-refractivity contribution < 1.29 is 23.5 Å². The molecule has 0 N–H and O–H groups in total. The standard InChI is InChI=1S/C32H39FN4O4/c1-24(2)21-35-14-6-16-36(31(38)23-41-29-10-4-9-28(19-29)40-3)22-26-18-27(33)11-12-30(26)37(17-7-15-35)32(39)25-8-5-13-34-20-25/h4-5,8-13,18-20,24H,6-7,14-17,21-23H2,1-3H3. The number of carbonyl (C=O) groups excluding carboxylic acids is 2. The van der Waals surface area contributed by atoms with E-state index in [1.54, 1.807) is 71.8 Å². The second-order valence-corrected chi connectivity index (χ2v) is 10.7. The SMILES string of the molecule is COc1cccc(OCC(=O)N2CCCN(CC(C)C)CCCN(C(=O)c3cccnc3)c3ccc(F)cc3C2)c1. The van der Waals surface area contributed by atoms with Crippen molar-refractivity contribution in [2.24, 2.45) is 5.92 Å². The highest BCUT2D eigenvalue weighted by Gasteiger charge is 2.25. The van der Waals surface area contributed by atoms with Crippen molar-refractivity contribution in [1.29, 1.82) is 0 Å². The van der Waals surface area contributed by atoms with Crippen LogP contribution in [0.4, 0.5) is 10.1 Å². The summed E-state index contributed by atoms with van der Waals surface area (Å²) in [5.41, 5.74) is 1.60. The van der Waals surface area contributed by atoms with Crippen LogP contribution in [0.1, 0.15) is 42.6 Å². The molecule has 0 bridgehead atoms. The number of nitrogens with zero attached hydrogens (tertiary/aromatic N) is 4. The number of anilines is 1. The lowest BCUT2D eigenvalue weighted by Crippen LogP contribution is -2.40. The van der Waals surface area contributed by atoms with E-state index in [-0.39, 0.29) is 25.0 Å². The van der Waals surface area contributed by atoms with Gasteiger partial charge in [-0.2, -0.15) is 0 Å². The number of methoxy groups -OCH3 is 1. The number of amides is 2. The first kappa shape index (κ1) is 30.0. The minimum absolute atomic E-state index is 0.147. The molecule has 218 valence electrons. The normalized spacial score (nSPS) is 15.0. The molecular weight excluding hydrogens is 523 g/mol. The molecule has 4 rings (SSSR count). The molecule has 0 aliphatic carbocycles. The predicted molar refractivity (Wildman–Crippen MR) is 157 cm³/mol. The Hall–Kier alpha value is -3.98. The summed E-state index contributed by atoms with van der Waals surface area (Å²) in [4.78, 5) is 37.1. The lowest BCUT2D eigenvalue weighted by atomic mass is 10.1. The maximum Gasteiger partial charge on any atom is 0.260 e. The molecule has 0 spiro atoms. The van der Waals surface area contributed by atoms with Crippen LogP contribution in [0, 0.1) is 11.7 Å². The zero-order valence-electron chi connectivity index (χ0n) is 24.1. The molecule has 0 saturated carbocycles. The quantitative estimate of drug-likeness (QED) is 0.402. The van der Waals surface area contributed by atoms with Crippen LogP contribution in [-0.4, -0.2) is 73.0 Å². The van der Waals surface area contributed by atoms with Crippen molar-refractivity contribution in [2.45, 2.75) is 33.2 Å². The van der Waals surface area contributed by atoms with Gasteiger partial charge in [-0.15, -0.1) is 0 Å². The number of carbonyl (C=O) groups is 2. The van der Waals surface area contributed by atoms with Gasteiger partial charge in [0.15, 0.2) is 6.61 Å². The largest absolute Gasteiger partial charge is 0.497 e. The first-order valence-electron chi connectivity index (χ1n) is 14.1. The second kappa shape index (κ2) is 14.6. The molecule has 8 nitrogen and oxygen atoms in total. The molecule has 2 aromatic carbocycles. The number of pyridine rings is 1. The Labute approximate surface area is 241 Å². The lowest BCUT2D eigenvalue weighted by molar-refractivity contribution is -0.134. The van der Waals surface area contributed by atoms with E-state index in [9.17, 15) is 14.0 Å². The molecule has 0 radical (unpaired) electrons. The third kappa shape index (κ3) is 8.50. The Balaban J connectivity index is 1.64. The van der Waals surface area contributed by atoms with Gasteiger partial charge in [0, 0.05) is 50.3 Å². The van der Waals surface area contributed by atoms with Crippen molar-refractivity contribution in [3.05, 3.63) is 83.9 Å². The Kier molecular flexibility index (Phi) is 10.7. The molecule has 1 aliphatic heterocycles. The van der Waals surface area contributed by atoms with Crippen LogP contribution in [0.25, 0.3) is 0 Å². The van der Waals surface area contributed by atoms with Crippen molar-refractivity contribution in [3.63, 3.8) is 0 Å². The molecule has 0 atom stereocenters. The van der Waals surface area contributed by atoms with Gasteiger partial charge in [-0.25, -0.2) is 4.39 Å². The van der Waals surface area contributed by atoms with Gasteiger partial charge in [0.1, 0.15) is 17.3 Å². The van der Waals surface area contributed by atoms with Crippen LogP contribution < -0.4 is 14.4 Å². The summed E-state index contributed by atoms with van der Waals surface area (Å²) in [5, 5.41) is 0. The van der Waals surface area contributed by atoms with Crippen LogP contribution in [0.2, 0.25) is 0 Å². The number of hydrogen-bond donors (Lipinski definition) is 0. The number of halogens is 1. The molecular formula is C32H39FN4O4. The molecule has 0 unspecified atom stereocenters. The molecule has 0 saturated heterocycles. The van der Waals surface area contributed by atoms with Crippen LogP contribution in [0.5, 0.6) is 11.5 Å². The molecule has 1 aromatic heterocycles. The lowest BCUT2D eigenvalue weighted by Gasteiger charge is -2.32. The number of rotatable bonds is 7. The van der Waals surface area contributed by atoms with Crippen LogP contribution >= 0.6 is 0 Å². The molecule has 3 aromatic rings. The summed E-state index contributed by atoms with van der Waals surface area (Å²) < 4.78 is 25.7. The first-order chi connectivity index (χ1) is 19.8. The van der Waals surface area contributed by atoms with E-state index >= 15 is 0 Å². The number of ether oxygens (including phenoxy) is 2. The highest BCUT2D eigenvalue weighted by atomic mass is 19.1. The summed E-state index contributed by atoms with van der Waals surface area (Å²) in [7, 11) is 1.57. The van der Waals surface area contributed by atoms with E-state index in [0.717, 1.165) is 32.5 Å². The summed E-state index contributed by atoms with van der Waals surface area (Å²) in [5.74, 6) is 0.781. The van der Waals surface area contributed by atoms with E-state index in [2.05, 4.69) is 23.7 Å². The molecule has 0 fully saturated rings. The zero-order valence-corrected chi connectivity index (χ0v) is 24.1. The third-order valence-electron chi connectivity index (χ3n) is 6.99. The summed E-state index contributed by atoms with van der Waals surface area (Å²) in [6.07, 6.45) is 4.68. The van der Waals surface area contributed by atoms with Crippen molar-refractivity contribution >= 4 is 17.5 Å². The van der Waals surface area contributed by atoms with E-state index in [1.807, 2.05) is 0 Å². The highest BCUT2D eigenvalue weighted by molar-refractivity contribution is 6.06. The zero-order chi connectivity index (χ0) is 29.2. The van der Waals surface area contributed by atoms with Gasteiger partial charge in [0.2, 0.25) is 0 Å². The average molecular weight is 563 g/mol. The van der Waals surface area contributed by atoms with E-state index in [0.29, 0.717) is 47.3 Å². The minimum atomic E-state index is -0.423. The fourth-order valence-electron chi connectivity index (χ4n) is 5.09. The Morgan fingerprint density at radius 3 is 2.49 bits per heavy atom. The van der Waals surface area contributed by atoms with Gasteiger partial charge in [-0.1, -0.05) is 19.9 Å². The van der Waals surface area contributed by atoms with Gasteiger partial charge < -0.3 is 24.2 Å². The van der Waals surface area contributed by atoms with Gasteiger partial charge in [-0.05, 0) is 79.9 Å². The van der Waals surface area contributed by atoms with E-state index < -0.39 is 5.82 Å². The van der Waals surface area contributed by atoms with E-state index in [1.165, 1.54) is 12.1 Å². The van der Waals surface area contributed by atoms with Gasteiger partial charge >= 0.3 is 0 Å². The third-order valence-corrected chi connectivity index (χ3v) is 6.99. The molecule has 9 heteroatoms. The Morgan fingerprint density at radius 1 is 0.976 bits per heavy atom. The summed E-state index contributed by atoms with van der Waals surface area (Å²) in [6.45, 7) is 7.81. The van der Waals surface area contributed by atoms with Crippen molar-refractivity contribution in [1.82, 2.24) is 14.8 Å². The monoisotopic (exact) mass is 562 g/mol. The maximum absolute atomic E-state index is 14.6. The number of aromatic nitrogens is 1. The summed E-state index contributed by atoms with van der Waals surface area (Å²) >= 11 is 0. The van der Waals surface area contributed by atoms with Crippen LogP contribution in [0.3, 0.4) is 0 Å². The first-order valence-corrected chi connectivity index (χ1v) is 14.1. The number of hydrogen-bond acceptors (Lipinski definition) is 6. The maximum atomic E-state index is 14.6. The Morgan fingerprint density at radius 2 is 1.76 bits per heavy atom. The van der Waals surface area contributed by atoms with Crippen molar-refractivity contribution in [3.8, 4) is 11.5 Å². The van der Waals surface area contributed by atoms with Gasteiger partial charge in [0.25, 0.3) is 11.8 Å². The van der Waals surface area contributed by atoms with Crippen LogP contribution in [-0.2, 0) is 11.3 Å². The van der Waals surface area contributed by atoms with Gasteiger partial charge in [-0.3, -0.25) is 14.6 Å². The number of fused-ring (bicyclic) bond motifs is 1. The fraction of sp³-hybridized carbons (Fsp3) is 0.406. The predicted octanol–water partition coefficient (Wildman–Crippen LogP) is 5.04. The smallest absolute Gasteiger partial charge is 0.260 e. The number of benzene rings is 2. The molecule has 1 aliphatic rings.